The molecule has 0 fully saturated rings. The van der Waals surface area contributed by atoms with Gasteiger partial charge in [0.2, 0.25) is 0 Å². The minimum absolute atomic E-state index is 0.786. The zero-order valence-corrected chi connectivity index (χ0v) is 10.5. The lowest BCUT2D eigenvalue weighted by Crippen LogP contribution is -1.79. The Morgan fingerprint density at radius 3 is 1.87 bits per heavy atom. The molecule has 0 N–H and O–H groups in total. The standard InChI is InChI=1S/C15H28/c1-3-5-7-9-11-13-15-14-12-10-8-6-4-2/h1,7,9H,3-6,8,10-15H2,2H3. The van der Waals surface area contributed by atoms with E-state index >= 15 is 0 Å². The number of allylic oxidation sites excluding steroid dienone is 2. The summed E-state index contributed by atoms with van der Waals surface area (Å²) >= 11 is 0. The van der Waals surface area contributed by atoms with Gasteiger partial charge >= 0.3 is 0 Å². The van der Waals surface area contributed by atoms with Crippen molar-refractivity contribution in [3.8, 4) is 0 Å². The van der Waals surface area contributed by atoms with Gasteiger partial charge < -0.3 is 0 Å². The molecule has 0 unspecified atom stereocenters. The average molecular weight is 208 g/mol. The topological polar surface area (TPSA) is 0 Å². The molecule has 0 amide bonds. The lowest BCUT2D eigenvalue weighted by Gasteiger charge is -1.99. The molecule has 0 rings (SSSR count). The second-order valence-corrected chi connectivity index (χ2v) is 4.31. The van der Waals surface area contributed by atoms with E-state index in [4.69, 9.17) is 6.92 Å². The molecule has 0 saturated carbocycles. The van der Waals surface area contributed by atoms with Crippen LogP contribution in [0.3, 0.4) is 0 Å². The third kappa shape index (κ3) is 13.7. The van der Waals surface area contributed by atoms with E-state index < -0.39 is 0 Å². The van der Waals surface area contributed by atoms with Crippen molar-refractivity contribution >= 4 is 0 Å². The van der Waals surface area contributed by atoms with Crippen LogP contribution in [0, 0.1) is 6.92 Å². The molecule has 0 aromatic heterocycles. The Balaban J connectivity index is 2.92. The Morgan fingerprint density at radius 2 is 1.27 bits per heavy atom. The van der Waals surface area contributed by atoms with Crippen LogP contribution in [-0.2, 0) is 0 Å². The second-order valence-electron chi connectivity index (χ2n) is 4.31. The van der Waals surface area contributed by atoms with E-state index in [9.17, 15) is 0 Å². The molecule has 0 heteroatoms. The van der Waals surface area contributed by atoms with Crippen LogP contribution in [0.4, 0.5) is 0 Å². The number of hydrogen-bond acceptors (Lipinski definition) is 0. The van der Waals surface area contributed by atoms with Gasteiger partial charge in [-0.15, -0.1) is 0 Å². The fraction of sp³-hybridized carbons (Fsp3) is 0.800. The van der Waals surface area contributed by atoms with Crippen molar-refractivity contribution in [3.05, 3.63) is 19.1 Å². The van der Waals surface area contributed by atoms with Crippen molar-refractivity contribution in [3.63, 3.8) is 0 Å². The van der Waals surface area contributed by atoms with Crippen molar-refractivity contribution in [1.82, 2.24) is 0 Å². The summed E-state index contributed by atoms with van der Waals surface area (Å²) in [6.07, 6.45) is 18.8. The first-order valence-electron chi connectivity index (χ1n) is 6.77. The first kappa shape index (κ1) is 14.7. The molecule has 0 saturated heterocycles. The summed E-state index contributed by atoms with van der Waals surface area (Å²) in [6, 6.07) is 0. The van der Waals surface area contributed by atoms with Crippen LogP contribution < -0.4 is 0 Å². The van der Waals surface area contributed by atoms with Gasteiger partial charge in [0.25, 0.3) is 0 Å². The average Bonchev–Trinajstić information content (AvgIpc) is 2.26. The molecule has 0 aliphatic carbocycles. The highest BCUT2D eigenvalue weighted by molar-refractivity contribution is 4.81. The third-order valence-electron chi connectivity index (χ3n) is 2.72. The van der Waals surface area contributed by atoms with Crippen molar-refractivity contribution in [2.24, 2.45) is 0 Å². The predicted molar refractivity (Wildman–Crippen MR) is 69.9 cm³/mol. The normalized spacial score (nSPS) is 11.3. The van der Waals surface area contributed by atoms with Gasteiger partial charge in [0.1, 0.15) is 0 Å². The Morgan fingerprint density at radius 1 is 0.733 bits per heavy atom. The van der Waals surface area contributed by atoms with Crippen molar-refractivity contribution in [2.75, 3.05) is 0 Å². The van der Waals surface area contributed by atoms with E-state index in [1.165, 1.54) is 57.8 Å². The van der Waals surface area contributed by atoms with Gasteiger partial charge in [0.15, 0.2) is 0 Å². The Kier molecular flexibility index (Phi) is 13.5. The van der Waals surface area contributed by atoms with E-state index in [1.807, 2.05) is 0 Å². The Labute approximate surface area is 97.2 Å². The zero-order chi connectivity index (χ0) is 11.2. The predicted octanol–water partition coefficient (Wildman–Crippen LogP) is 5.56. The van der Waals surface area contributed by atoms with E-state index in [1.54, 1.807) is 0 Å². The number of rotatable bonds is 11. The molecule has 0 bridgehead atoms. The summed E-state index contributed by atoms with van der Waals surface area (Å²) in [7, 11) is 0. The van der Waals surface area contributed by atoms with Gasteiger partial charge in [-0.25, -0.2) is 0 Å². The van der Waals surface area contributed by atoms with Crippen LogP contribution >= 0.6 is 0 Å². The fourth-order valence-electron chi connectivity index (χ4n) is 1.73. The SMILES string of the molecule is [CH]CCC=CCCCCCCCCCC. The third-order valence-corrected chi connectivity index (χ3v) is 2.72. The van der Waals surface area contributed by atoms with Crippen molar-refractivity contribution in [1.29, 1.82) is 0 Å². The summed E-state index contributed by atoms with van der Waals surface area (Å²) in [4.78, 5) is 0. The molecule has 0 aliphatic rings. The molecule has 0 aromatic rings. The van der Waals surface area contributed by atoms with Gasteiger partial charge in [-0.2, -0.15) is 0 Å². The van der Waals surface area contributed by atoms with E-state index in [0.717, 1.165) is 12.8 Å². The molecular weight excluding hydrogens is 180 g/mol. The van der Waals surface area contributed by atoms with Gasteiger partial charge in [-0.3, -0.25) is 0 Å². The first-order chi connectivity index (χ1) is 7.41. The summed E-state index contributed by atoms with van der Waals surface area (Å²) in [5, 5.41) is 0. The minimum Gasteiger partial charge on any atom is -0.0885 e. The lowest BCUT2D eigenvalue weighted by molar-refractivity contribution is 0.577. The van der Waals surface area contributed by atoms with Gasteiger partial charge in [0.05, 0.1) is 0 Å². The highest BCUT2D eigenvalue weighted by Crippen LogP contribution is 2.09. The van der Waals surface area contributed by atoms with Crippen molar-refractivity contribution < 1.29 is 0 Å². The number of unbranched alkanes of at least 4 members (excludes halogenated alkanes) is 9. The molecule has 0 nitrogen and oxygen atoms in total. The maximum absolute atomic E-state index is 5.40. The van der Waals surface area contributed by atoms with E-state index in [2.05, 4.69) is 19.1 Å². The molecular formula is C15H28. The number of hydrogen-bond donors (Lipinski definition) is 0. The smallest absolute Gasteiger partial charge is 0.0348 e. The van der Waals surface area contributed by atoms with Gasteiger partial charge in [-0.05, 0) is 32.6 Å². The molecule has 2 radical (unpaired) electrons. The van der Waals surface area contributed by atoms with Crippen LogP contribution in [0.2, 0.25) is 0 Å². The van der Waals surface area contributed by atoms with E-state index in [-0.39, 0.29) is 0 Å². The molecule has 0 aliphatic heterocycles. The molecule has 0 spiro atoms. The van der Waals surface area contributed by atoms with Crippen molar-refractivity contribution in [2.45, 2.75) is 77.6 Å². The minimum atomic E-state index is 0.786. The van der Waals surface area contributed by atoms with Crippen LogP contribution in [-0.4, -0.2) is 0 Å². The fourth-order valence-corrected chi connectivity index (χ4v) is 1.73. The van der Waals surface area contributed by atoms with Crippen LogP contribution in [0.25, 0.3) is 0 Å². The molecule has 0 heterocycles. The monoisotopic (exact) mass is 208 g/mol. The highest BCUT2D eigenvalue weighted by atomic mass is 14.0. The maximum Gasteiger partial charge on any atom is -0.0348 e. The molecule has 0 aromatic carbocycles. The summed E-state index contributed by atoms with van der Waals surface area (Å²) in [5.74, 6) is 0. The summed E-state index contributed by atoms with van der Waals surface area (Å²) < 4.78 is 0. The largest absolute Gasteiger partial charge is 0.0885 e. The Bertz CT molecular complexity index is 124. The Hall–Kier alpha value is -0.260. The van der Waals surface area contributed by atoms with Gasteiger partial charge in [0, 0.05) is 0 Å². The maximum atomic E-state index is 5.40. The summed E-state index contributed by atoms with van der Waals surface area (Å²) in [6.45, 7) is 7.67. The summed E-state index contributed by atoms with van der Waals surface area (Å²) in [5.41, 5.74) is 0. The lowest BCUT2D eigenvalue weighted by atomic mass is 10.1. The second kappa shape index (κ2) is 13.7. The quantitative estimate of drug-likeness (QED) is 0.308. The molecule has 15 heavy (non-hydrogen) atoms. The zero-order valence-electron chi connectivity index (χ0n) is 10.5. The first-order valence-corrected chi connectivity index (χ1v) is 6.77. The highest BCUT2D eigenvalue weighted by Gasteiger charge is 1.90. The van der Waals surface area contributed by atoms with Crippen LogP contribution in [0.5, 0.6) is 0 Å². The molecule has 0 atom stereocenters. The van der Waals surface area contributed by atoms with E-state index in [0.29, 0.717) is 0 Å². The molecule has 88 valence electrons. The van der Waals surface area contributed by atoms with Crippen LogP contribution in [0.1, 0.15) is 77.6 Å². The van der Waals surface area contributed by atoms with Crippen LogP contribution in [0.15, 0.2) is 12.2 Å². The van der Waals surface area contributed by atoms with Gasteiger partial charge in [-0.1, -0.05) is 64.0 Å².